The van der Waals surface area contributed by atoms with Gasteiger partial charge in [-0.3, -0.25) is 4.79 Å². The maximum atomic E-state index is 10.9. The Morgan fingerprint density at radius 2 is 2.04 bits per heavy atom. The van der Waals surface area contributed by atoms with Crippen molar-refractivity contribution in [2.45, 2.75) is 39.4 Å². The highest BCUT2D eigenvalue weighted by Crippen LogP contribution is 2.05. The summed E-state index contributed by atoms with van der Waals surface area (Å²) in [6.07, 6.45) is 2.68. The van der Waals surface area contributed by atoms with Gasteiger partial charge in [0.25, 0.3) is 0 Å². The third kappa shape index (κ3) is 12.1. The van der Waals surface area contributed by atoms with Crippen LogP contribution in [0, 0.1) is 6.92 Å². The van der Waals surface area contributed by atoms with Gasteiger partial charge in [-0.2, -0.15) is 11.8 Å². The minimum Gasteiger partial charge on any atom is -0.465 e. The summed E-state index contributed by atoms with van der Waals surface area (Å²) in [4.78, 5) is 12.1. The lowest BCUT2D eigenvalue weighted by Crippen LogP contribution is -2.32. The molecule has 0 amide bonds. The summed E-state index contributed by atoms with van der Waals surface area (Å²) in [6.45, 7) is 5.26. The molecule has 8 heteroatoms. The summed E-state index contributed by atoms with van der Waals surface area (Å²) >= 11 is 3.38. The van der Waals surface area contributed by atoms with Gasteiger partial charge >= 0.3 is 5.97 Å². The summed E-state index contributed by atoms with van der Waals surface area (Å²) in [5.41, 5.74) is 16.1. The number of rotatable bonds is 7. The topological polar surface area (TPSA) is 118 Å². The van der Waals surface area contributed by atoms with Crippen LogP contribution in [0.3, 0.4) is 0 Å². The zero-order valence-electron chi connectivity index (χ0n) is 15.8. The number of aryl methyl sites for hydroxylation is 1. The van der Waals surface area contributed by atoms with Crippen LogP contribution in [0.2, 0.25) is 0 Å². The smallest absolute Gasteiger partial charge is 0.322 e. The van der Waals surface area contributed by atoms with Gasteiger partial charge in [-0.15, -0.1) is 11.3 Å². The van der Waals surface area contributed by atoms with Crippen molar-refractivity contribution in [3.63, 3.8) is 0 Å². The molecule has 2 rings (SSSR count). The average Bonchev–Trinajstić information content (AvgIpc) is 3.32. The summed E-state index contributed by atoms with van der Waals surface area (Å²) in [6, 6.07) is 7.39. The third-order valence-electron chi connectivity index (χ3n) is 3.00. The summed E-state index contributed by atoms with van der Waals surface area (Å²) in [5.74, 6) is 2.38. The zero-order chi connectivity index (χ0) is 19.8. The van der Waals surface area contributed by atoms with Crippen LogP contribution in [0.25, 0.3) is 0 Å². The molecule has 148 valence electrons. The van der Waals surface area contributed by atoms with E-state index in [1.807, 2.05) is 42.8 Å². The van der Waals surface area contributed by atoms with Crippen LogP contribution in [0.4, 0.5) is 0 Å². The average molecular weight is 402 g/mol. The van der Waals surface area contributed by atoms with Crippen molar-refractivity contribution in [3.8, 4) is 0 Å². The van der Waals surface area contributed by atoms with Crippen LogP contribution in [0.1, 0.15) is 29.7 Å². The molecule has 0 radical (unpaired) electrons. The fraction of sp³-hybridized carbons (Fsp3) is 0.500. The lowest BCUT2D eigenvalue weighted by molar-refractivity contribution is -0.144. The van der Waals surface area contributed by atoms with Gasteiger partial charge in [0.2, 0.25) is 0 Å². The van der Waals surface area contributed by atoms with Crippen molar-refractivity contribution < 1.29 is 13.9 Å². The molecule has 0 bridgehead atoms. The van der Waals surface area contributed by atoms with Gasteiger partial charge in [-0.1, -0.05) is 6.07 Å². The maximum Gasteiger partial charge on any atom is 0.322 e. The van der Waals surface area contributed by atoms with Crippen LogP contribution in [0.5, 0.6) is 0 Å². The quantitative estimate of drug-likeness (QED) is 0.611. The number of hydrogen-bond donors (Lipinski definition) is 3. The van der Waals surface area contributed by atoms with Crippen molar-refractivity contribution in [2.75, 3.05) is 18.6 Å². The van der Waals surface area contributed by atoms with Crippen LogP contribution < -0.4 is 17.2 Å². The minimum atomic E-state index is -0.442. The molecule has 6 nitrogen and oxygen atoms in total. The second-order valence-corrected chi connectivity index (χ2v) is 7.16. The molecule has 0 saturated carbocycles. The van der Waals surface area contributed by atoms with Crippen LogP contribution in [-0.2, 0) is 22.6 Å². The molecular weight excluding hydrogens is 370 g/mol. The molecule has 0 aliphatic rings. The Hall–Kier alpha value is -1.32. The molecule has 0 aliphatic carbocycles. The van der Waals surface area contributed by atoms with Crippen LogP contribution in [0.15, 0.2) is 34.1 Å². The van der Waals surface area contributed by atoms with Crippen LogP contribution >= 0.6 is 23.1 Å². The number of esters is 1. The first-order chi connectivity index (χ1) is 12.5. The van der Waals surface area contributed by atoms with E-state index < -0.39 is 6.04 Å². The Balaban J connectivity index is 0.000000370. The van der Waals surface area contributed by atoms with E-state index in [0.29, 0.717) is 26.1 Å². The largest absolute Gasteiger partial charge is 0.465 e. The molecule has 2 aromatic heterocycles. The Morgan fingerprint density at radius 1 is 1.31 bits per heavy atom. The van der Waals surface area contributed by atoms with E-state index in [-0.39, 0.29) is 5.97 Å². The Labute approximate surface area is 164 Å². The number of nitrogens with two attached hydrogens (primary N) is 3. The molecule has 0 fully saturated rings. The highest BCUT2D eigenvalue weighted by Gasteiger charge is 2.12. The van der Waals surface area contributed by atoms with E-state index in [0.717, 1.165) is 17.3 Å². The number of carbonyl (C=O) groups excluding carboxylic acids is 1. The fourth-order valence-corrected chi connectivity index (χ4v) is 2.71. The predicted octanol–water partition coefficient (Wildman–Crippen LogP) is 2.88. The number of furan rings is 1. The van der Waals surface area contributed by atoms with Crippen molar-refractivity contribution >= 4 is 29.1 Å². The number of thiophene rings is 1. The SMILES string of the molecule is CCOC(=O)[C@@H](N)CCSC.Cc1ccc(CN)o1.NCc1cccs1. The van der Waals surface area contributed by atoms with E-state index in [2.05, 4.69) is 0 Å². The molecule has 0 aromatic carbocycles. The predicted molar refractivity (Wildman–Crippen MR) is 111 cm³/mol. The van der Waals surface area contributed by atoms with E-state index in [4.69, 9.17) is 26.4 Å². The molecule has 6 N–H and O–H groups in total. The number of hydrogen-bond acceptors (Lipinski definition) is 8. The lowest BCUT2D eigenvalue weighted by Gasteiger charge is -2.08. The second-order valence-electron chi connectivity index (χ2n) is 5.14. The summed E-state index contributed by atoms with van der Waals surface area (Å²) in [7, 11) is 0. The van der Waals surface area contributed by atoms with Gasteiger partial charge < -0.3 is 26.4 Å². The van der Waals surface area contributed by atoms with Crippen molar-refractivity contribution in [2.24, 2.45) is 17.2 Å². The minimum absolute atomic E-state index is 0.290. The van der Waals surface area contributed by atoms with E-state index in [9.17, 15) is 4.79 Å². The second kappa shape index (κ2) is 15.9. The standard InChI is InChI=1S/C7H15NO2S.C6H9NO.C5H7NS/c1-3-10-7(9)6(8)4-5-11-2;1-5-2-3-6(4-7)8-5;6-4-5-2-1-3-7-5/h6H,3-5,8H2,1-2H3;2-3H,4,7H2,1H3;1-3H,4,6H2/t6-;;/m0../s1. The van der Waals surface area contributed by atoms with Gasteiger partial charge in [0.1, 0.15) is 17.6 Å². The van der Waals surface area contributed by atoms with Gasteiger partial charge in [-0.05, 0) is 55.9 Å². The molecule has 0 saturated heterocycles. The van der Waals surface area contributed by atoms with Gasteiger partial charge in [0.15, 0.2) is 0 Å². The van der Waals surface area contributed by atoms with Gasteiger partial charge in [0.05, 0.1) is 13.2 Å². The molecule has 2 aromatic rings. The first-order valence-electron chi connectivity index (χ1n) is 8.37. The number of carbonyl (C=O) groups is 1. The van der Waals surface area contributed by atoms with Gasteiger partial charge in [-0.25, -0.2) is 0 Å². The first-order valence-corrected chi connectivity index (χ1v) is 10.6. The lowest BCUT2D eigenvalue weighted by atomic mass is 10.2. The fourth-order valence-electron chi connectivity index (χ4n) is 1.64. The van der Waals surface area contributed by atoms with E-state index >= 15 is 0 Å². The monoisotopic (exact) mass is 401 g/mol. The molecule has 0 spiro atoms. The van der Waals surface area contributed by atoms with Crippen molar-refractivity contribution in [1.82, 2.24) is 0 Å². The third-order valence-corrected chi connectivity index (χ3v) is 4.54. The maximum absolute atomic E-state index is 10.9. The molecule has 0 aliphatic heterocycles. The molecule has 2 heterocycles. The summed E-state index contributed by atoms with van der Waals surface area (Å²) in [5, 5.41) is 2.03. The number of thioether (sulfide) groups is 1. The normalized spacial score (nSPS) is 10.8. The van der Waals surface area contributed by atoms with Crippen molar-refractivity contribution in [3.05, 3.63) is 46.0 Å². The first kappa shape index (κ1) is 24.7. The molecule has 0 unspecified atom stereocenters. The number of ether oxygens (including phenoxy) is 1. The van der Waals surface area contributed by atoms with Gasteiger partial charge in [0, 0.05) is 11.4 Å². The van der Waals surface area contributed by atoms with E-state index in [1.165, 1.54) is 4.88 Å². The van der Waals surface area contributed by atoms with Crippen LogP contribution in [-0.4, -0.2) is 30.6 Å². The molecule has 26 heavy (non-hydrogen) atoms. The Morgan fingerprint density at radius 3 is 2.38 bits per heavy atom. The van der Waals surface area contributed by atoms with E-state index in [1.54, 1.807) is 30.0 Å². The highest BCUT2D eigenvalue weighted by molar-refractivity contribution is 7.98. The van der Waals surface area contributed by atoms with Crippen molar-refractivity contribution in [1.29, 1.82) is 0 Å². The summed E-state index contributed by atoms with van der Waals surface area (Å²) < 4.78 is 9.84. The molecule has 1 atom stereocenters. The molecular formula is C18H31N3O3S2. The Bertz CT molecular complexity index is 574. The Kier molecular flexibility index (Phi) is 15.1. The highest BCUT2D eigenvalue weighted by atomic mass is 32.2. The zero-order valence-corrected chi connectivity index (χ0v) is 17.4.